The molecular formula is C17H22N2O3S2. The number of hydrogen-bond acceptors (Lipinski definition) is 4. The van der Waals surface area contributed by atoms with Gasteiger partial charge < -0.3 is 5.32 Å². The summed E-state index contributed by atoms with van der Waals surface area (Å²) in [5.41, 5.74) is 1.77. The van der Waals surface area contributed by atoms with E-state index >= 15 is 0 Å². The zero-order chi connectivity index (χ0) is 17.7. The first-order valence-corrected chi connectivity index (χ1v) is 10.2. The second-order valence-electron chi connectivity index (χ2n) is 5.82. The number of amides is 1. The Labute approximate surface area is 147 Å². The van der Waals surface area contributed by atoms with Crippen LogP contribution in [0.5, 0.6) is 0 Å². The standard InChI is InChI=1S/C17H22N2O3S2/c1-4-13-7-5-8-14(11-13)18-17(20)16(12(2)3)19-24(21,22)15-9-6-10-23-15/h5-12,16,19H,4H2,1-3H3,(H,18,20). The fourth-order valence-electron chi connectivity index (χ4n) is 2.22. The van der Waals surface area contributed by atoms with Gasteiger partial charge in [-0.25, -0.2) is 8.42 Å². The highest BCUT2D eigenvalue weighted by molar-refractivity contribution is 7.91. The molecule has 0 radical (unpaired) electrons. The van der Waals surface area contributed by atoms with Gasteiger partial charge in [-0.2, -0.15) is 4.72 Å². The zero-order valence-electron chi connectivity index (χ0n) is 13.9. The summed E-state index contributed by atoms with van der Waals surface area (Å²) in [5, 5.41) is 4.49. The van der Waals surface area contributed by atoms with Crippen LogP contribution in [0.25, 0.3) is 0 Å². The summed E-state index contributed by atoms with van der Waals surface area (Å²) in [6, 6.07) is 9.88. The summed E-state index contributed by atoms with van der Waals surface area (Å²) < 4.78 is 27.5. The first-order chi connectivity index (χ1) is 11.3. The molecule has 0 saturated carbocycles. The molecule has 24 heavy (non-hydrogen) atoms. The number of carbonyl (C=O) groups is 1. The summed E-state index contributed by atoms with van der Waals surface area (Å²) in [7, 11) is -3.70. The Kier molecular flexibility index (Phi) is 6.15. The minimum absolute atomic E-state index is 0.186. The van der Waals surface area contributed by atoms with Gasteiger partial charge in [-0.05, 0) is 41.5 Å². The molecule has 0 aliphatic heterocycles. The SMILES string of the molecule is CCc1cccc(NC(=O)C(NS(=O)(=O)c2cccs2)C(C)C)c1. The van der Waals surface area contributed by atoms with E-state index in [1.54, 1.807) is 17.5 Å². The van der Waals surface area contributed by atoms with Crippen LogP contribution in [-0.2, 0) is 21.2 Å². The minimum Gasteiger partial charge on any atom is -0.325 e. The largest absolute Gasteiger partial charge is 0.325 e. The Hall–Kier alpha value is -1.70. The Morgan fingerprint density at radius 2 is 1.96 bits per heavy atom. The molecule has 0 aliphatic rings. The maximum Gasteiger partial charge on any atom is 0.250 e. The predicted octanol–water partition coefficient (Wildman–Crippen LogP) is 3.25. The van der Waals surface area contributed by atoms with Gasteiger partial charge in [0, 0.05) is 5.69 Å². The number of anilines is 1. The third kappa shape index (κ3) is 4.66. The van der Waals surface area contributed by atoms with Crippen molar-refractivity contribution >= 4 is 33.0 Å². The molecule has 7 heteroatoms. The van der Waals surface area contributed by atoms with Crippen molar-refractivity contribution in [3.05, 3.63) is 47.3 Å². The van der Waals surface area contributed by atoms with Crippen LogP contribution >= 0.6 is 11.3 Å². The molecule has 0 saturated heterocycles. The van der Waals surface area contributed by atoms with Crippen molar-refractivity contribution < 1.29 is 13.2 Å². The first-order valence-electron chi connectivity index (χ1n) is 7.79. The Morgan fingerprint density at radius 3 is 2.54 bits per heavy atom. The van der Waals surface area contributed by atoms with E-state index < -0.39 is 16.1 Å². The molecule has 1 unspecified atom stereocenters. The van der Waals surface area contributed by atoms with Gasteiger partial charge in [0.15, 0.2) is 0 Å². The van der Waals surface area contributed by atoms with Crippen molar-refractivity contribution in [3.63, 3.8) is 0 Å². The number of thiophene rings is 1. The first kappa shape index (κ1) is 18.6. The second kappa shape index (κ2) is 7.92. The van der Waals surface area contributed by atoms with Crippen molar-refractivity contribution in [1.82, 2.24) is 4.72 Å². The minimum atomic E-state index is -3.70. The number of hydrogen-bond donors (Lipinski definition) is 2. The van der Waals surface area contributed by atoms with Gasteiger partial charge in [0.25, 0.3) is 10.0 Å². The molecule has 0 fully saturated rings. The number of carbonyl (C=O) groups excluding carboxylic acids is 1. The molecule has 1 aromatic heterocycles. The Balaban J connectivity index is 2.16. The van der Waals surface area contributed by atoms with E-state index in [1.165, 1.54) is 6.07 Å². The molecule has 1 aromatic carbocycles. The zero-order valence-corrected chi connectivity index (χ0v) is 15.6. The highest BCUT2D eigenvalue weighted by Gasteiger charge is 2.28. The lowest BCUT2D eigenvalue weighted by Crippen LogP contribution is -2.46. The smallest absolute Gasteiger partial charge is 0.250 e. The van der Waals surface area contributed by atoms with Crippen LogP contribution in [0.1, 0.15) is 26.3 Å². The van der Waals surface area contributed by atoms with E-state index in [9.17, 15) is 13.2 Å². The van der Waals surface area contributed by atoms with Crippen LogP contribution in [0.2, 0.25) is 0 Å². The van der Waals surface area contributed by atoms with Crippen molar-refractivity contribution in [3.8, 4) is 0 Å². The highest BCUT2D eigenvalue weighted by atomic mass is 32.2. The molecule has 5 nitrogen and oxygen atoms in total. The summed E-state index contributed by atoms with van der Waals surface area (Å²) >= 11 is 1.12. The van der Waals surface area contributed by atoms with E-state index in [-0.39, 0.29) is 16.0 Å². The number of aryl methyl sites for hydroxylation is 1. The molecule has 1 amide bonds. The molecular weight excluding hydrogens is 344 g/mol. The predicted molar refractivity (Wildman–Crippen MR) is 97.7 cm³/mol. The molecule has 1 atom stereocenters. The van der Waals surface area contributed by atoms with Crippen molar-refractivity contribution in [2.75, 3.05) is 5.32 Å². The van der Waals surface area contributed by atoms with E-state index in [4.69, 9.17) is 0 Å². The molecule has 0 bridgehead atoms. The van der Waals surface area contributed by atoms with Gasteiger partial charge in [0.2, 0.25) is 5.91 Å². The molecule has 1 heterocycles. The quantitative estimate of drug-likeness (QED) is 0.790. The normalized spacial score (nSPS) is 13.0. The molecule has 0 aliphatic carbocycles. The summed E-state index contributed by atoms with van der Waals surface area (Å²) in [6.07, 6.45) is 0.863. The van der Waals surface area contributed by atoms with Gasteiger partial charge in [-0.3, -0.25) is 4.79 Å². The molecule has 2 N–H and O–H groups in total. The van der Waals surface area contributed by atoms with Gasteiger partial charge in [-0.15, -0.1) is 11.3 Å². The lowest BCUT2D eigenvalue weighted by molar-refractivity contribution is -0.118. The number of sulfonamides is 1. The van der Waals surface area contributed by atoms with Gasteiger partial charge >= 0.3 is 0 Å². The van der Waals surface area contributed by atoms with Crippen molar-refractivity contribution in [1.29, 1.82) is 0 Å². The fraction of sp³-hybridized carbons (Fsp3) is 0.353. The van der Waals surface area contributed by atoms with Crippen LogP contribution < -0.4 is 10.0 Å². The van der Waals surface area contributed by atoms with Crippen LogP contribution in [-0.4, -0.2) is 20.4 Å². The summed E-state index contributed by atoms with van der Waals surface area (Å²) in [4.78, 5) is 12.6. The number of benzene rings is 1. The molecule has 130 valence electrons. The summed E-state index contributed by atoms with van der Waals surface area (Å²) in [5.74, 6) is -0.549. The van der Waals surface area contributed by atoms with Crippen molar-refractivity contribution in [2.45, 2.75) is 37.4 Å². The lowest BCUT2D eigenvalue weighted by Gasteiger charge is -2.21. The van der Waals surface area contributed by atoms with Gasteiger partial charge in [-0.1, -0.05) is 39.0 Å². The third-order valence-electron chi connectivity index (χ3n) is 3.59. The van der Waals surface area contributed by atoms with E-state index in [1.807, 2.05) is 39.0 Å². The Morgan fingerprint density at radius 1 is 1.21 bits per heavy atom. The van der Waals surface area contributed by atoms with Gasteiger partial charge in [0.1, 0.15) is 10.3 Å². The lowest BCUT2D eigenvalue weighted by atomic mass is 10.0. The highest BCUT2D eigenvalue weighted by Crippen LogP contribution is 2.18. The third-order valence-corrected chi connectivity index (χ3v) is 6.43. The van der Waals surface area contributed by atoms with Crippen molar-refractivity contribution in [2.24, 2.45) is 5.92 Å². The maximum absolute atomic E-state index is 12.6. The van der Waals surface area contributed by atoms with E-state index in [0.29, 0.717) is 5.69 Å². The Bertz CT molecular complexity index is 784. The maximum atomic E-state index is 12.6. The number of nitrogens with one attached hydrogen (secondary N) is 2. The average Bonchev–Trinajstić information content (AvgIpc) is 3.08. The summed E-state index contributed by atoms with van der Waals surface area (Å²) in [6.45, 7) is 5.65. The molecule has 2 rings (SSSR count). The second-order valence-corrected chi connectivity index (χ2v) is 8.71. The molecule has 2 aromatic rings. The number of rotatable bonds is 7. The van der Waals surface area contributed by atoms with Crippen LogP contribution in [0.3, 0.4) is 0 Å². The fourth-order valence-corrected chi connectivity index (χ4v) is 4.58. The van der Waals surface area contributed by atoms with E-state index in [2.05, 4.69) is 10.0 Å². The average molecular weight is 367 g/mol. The monoisotopic (exact) mass is 366 g/mol. The topological polar surface area (TPSA) is 75.3 Å². The van der Waals surface area contributed by atoms with Crippen LogP contribution in [0.15, 0.2) is 46.0 Å². The molecule has 0 spiro atoms. The van der Waals surface area contributed by atoms with Gasteiger partial charge in [0.05, 0.1) is 0 Å². The van der Waals surface area contributed by atoms with Crippen LogP contribution in [0, 0.1) is 5.92 Å². The van der Waals surface area contributed by atoms with E-state index in [0.717, 1.165) is 23.3 Å². The van der Waals surface area contributed by atoms with Crippen LogP contribution in [0.4, 0.5) is 5.69 Å².